The zero-order chi connectivity index (χ0) is 13.9. The largest absolute Gasteiger partial charge is 0.494 e. The Morgan fingerprint density at radius 1 is 1.21 bits per heavy atom. The highest BCUT2D eigenvalue weighted by molar-refractivity contribution is 5.34. The summed E-state index contributed by atoms with van der Waals surface area (Å²) in [6.07, 6.45) is 3.52. The lowest BCUT2D eigenvalue weighted by molar-refractivity contribution is 0.160. The fourth-order valence-electron chi connectivity index (χ4n) is 3.12. The predicted molar refractivity (Wildman–Crippen MR) is 80.6 cm³/mol. The highest BCUT2D eigenvalue weighted by atomic mass is 16.5. The fraction of sp³-hybridized carbons (Fsp3) is 0.647. The molecule has 0 saturated carbocycles. The Morgan fingerprint density at radius 2 is 1.89 bits per heavy atom. The quantitative estimate of drug-likeness (QED) is 0.881. The highest BCUT2D eigenvalue weighted by Crippen LogP contribution is 2.45. The molecule has 0 aromatic heterocycles. The van der Waals surface area contributed by atoms with Crippen LogP contribution in [0.25, 0.3) is 0 Å². The number of hydrogen-bond acceptors (Lipinski definition) is 2. The van der Waals surface area contributed by atoms with Crippen LogP contribution in [-0.4, -0.2) is 13.2 Å². The molecule has 2 nitrogen and oxygen atoms in total. The molecule has 1 aliphatic rings. The van der Waals surface area contributed by atoms with Crippen molar-refractivity contribution in [3.8, 4) is 5.75 Å². The third kappa shape index (κ3) is 2.79. The summed E-state index contributed by atoms with van der Waals surface area (Å²) in [4.78, 5) is 0. The topological polar surface area (TPSA) is 21.3 Å². The summed E-state index contributed by atoms with van der Waals surface area (Å²) in [6, 6.07) is 8.68. The summed E-state index contributed by atoms with van der Waals surface area (Å²) in [7, 11) is 0. The van der Waals surface area contributed by atoms with Gasteiger partial charge in [0.15, 0.2) is 0 Å². The molecule has 0 spiro atoms. The van der Waals surface area contributed by atoms with Crippen LogP contribution in [0.1, 0.15) is 52.5 Å². The maximum absolute atomic E-state index is 5.67. The van der Waals surface area contributed by atoms with Crippen molar-refractivity contribution in [3.63, 3.8) is 0 Å². The van der Waals surface area contributed by atoms with Gasteiger partial charge in [0.25, 0.3) is 0 Å². The molecular weight excluding hydrogens is 234 g/mol. The van der Waals surface area contributed by atoms with Crippen molar-refractivity contribution in [2.75, 3.05) is 13.2 Å². The minimum atomic E-state index is 0.107. The SMILES string of the molecule is CCCOc1ccc(C2(C(C)(C)C)CCCN2)cc1. The zero-order valence-electron chi connectivity index (χ0n) is 12.8. The molecule has 2 rings (SSSR count). The number of ether oxygens (including phenoxy) is 1. The molecule has 0 amide bonds. The van der Waals surface area contributed by atoms with Crippen molar-refractivity contribution in [2.24, 2.45) is 5.41 Å². The molecule has 0 radical (unpaired) electrons. The van der Waals surface area contributed by atoms with Crippen LogP contribution in [-0.2, 0) is 5.54 Å². The van der Waals surface area contributed by atoms with E-state index in [4.69, 9.17) is 4.74 Å². The molecule has 1 aromatic carbocycles. The summed E-state index contributed by atoms with van der Waals surface area (Å²) < 4.78 is 5.67. The molecule has 0 bridgehead atoms. The standard InChI is InChI=1S/C17H27NO/c1-5-13-19-15-9-7-14(8-10-15)17(16(2,3)4)11-6-12-18-17/h7-10,18H,5-6,11-13H2,1-4H3. The van der Waals surface area contributed by atoms with Crippen molar-refractivity contribution in [1.29, 1.82) is 0 Å². The van der Waals surface area contributed by atoms with E-state index >= 15 is 0 Å². The normalized spacial score (nSPS) is 23.6. The number of benzene rings is 1. The Labute approximate surface area is 117 Å². The van der Waals surface area contributed by atoms with Crippen molar-refractivity contribution < 1.29 is 4.74 Å². The van der Waals surface area contributed by atoms with Gasteiger partial charge in [0, 0.05) is 5.54 Å². The van der Waals surface area contributed by atoms with Gasteiger partial charge in [-0.3, -0.25) is 0 Å². The molecule has 2 heteroatoms. The summed E-state index contributed by atoms with van der Waals surface area (Å²) in [5, 5.41) is 3.75. The minimum absolute atomic E-state index is 0.107. The molecular formula is C17H27NO. The van der Waals surface area contributed by atoms with Crippen LogP contribution in [0.4, 0.5) is 0 Å². The first-order valence-corrected chi connectivity index (χ1v) is 7.48. The van der Waals surface area contributed by atoms with Crippen LogP contribution in [0.2, 0.25) is 0 Å². The molecule has 1 aliphatic heterocycles. The van der Waals surface area contributed by atoms with Gasteiger partial charge < -0.3 is 10.1 Å². The lowest BCUT2D eigenvalue weighted by Crippen LogP contribution is -2.47. The van der Waals surface area contributed by atoms with Crippen molar-refractivity contribution in [1.82, 2.24) is 5.32 Å². The van der Waals surface area contributed by atoms with E-state index in [-0.39, 0.29) is 11.0 Å². The average molecular weight is 261 g/mol. The van der Waals surface area contributed by atoms with Crippen LogP contribution >= 0.6 is 0 Å². The number of hydrogen-bond donors (Lipinski definition) is 1. The van der Waals surface area contributed by atoms with Gasteiger partial charge in [0.2, 0.25) is 0 Å². The van der Waals surface area contributed by atoms with Gasteiger partial charge in [-0.1, -0.05) is 39.8 Å². The van der Waals surface area contributed by atoms with Crippen molar-refractivity contribution in [2.45, 2.75) is 52.5 Å². The van der Waals surface area contributed by atoms with E-state index in [9.17, 15) is 0 Å². The van der Waals surface area contributed by atoms with Crippen molar-refractivity contribution in [3.05, 3.63) is 29.8 Å². The molecule has 1 saturated heterocycles. The summed E-state index contributed by atoms with van der Waals surface area (Å²) in [6.45, 7) is 11.0. The molecule has 1 N–H and O–H groups in total. The monoisotopic (exact) mass is 261 g/mol. The molecule has 1 heterocycles. The summed E-state index contributed by atoms with van der Waals surface area (Å²) >= 11 is 0. The Bertz CT molecular complexity index is 396. The maximum Gasteiger partial charge on any atom is 0.119 e. The zero-order valence-corrected chi connectivity index (χ0v) is 12.8. The van der Waals surface area contributed by atoms with Gasteiger partial charge >= 0.3 is 0 Å². The Balaban J connectivity index is 2.24. The van der Waals surface area contributed by atoms with E-state index in [1.54, 1.807) is 0 Å². The molecule has 1 fully saturated rings. The predicted octanol–water partition coefficient (Wildman–Crippen LogP) is 4.10. The smallest absolute Gasteiger partial charge is 0.119 e. The Hall–Kier alpha value is -1.02. The summed E-state index contributed by atoms with van der Waals surface area (Å²) in [5.41, 5.74) is 1.72. The van der Waals surface area contributed by atoms with E-state index in [0.717, 1.165) is 25.3 Å². The molecule has 19 heavy (non-hydrogen) atoms. The second kappa shape index (κ2) is 5.54. The molecule has 1 atom stereocenters. The molecule has 106 valence electrons. The third-order valence-electron chi connectivity index (χ3n) is 4.26. The minimum Gasteiger partial charge on any atom is -0.494 e. The first kappa shape index (κ1) is 14.4. The van der Waals surface area contributed by atoms with Gasteiger partial charge in [-0.2, -0.15) is 0 Å². The van der Waals surface area contributed by atoms with Gasteiger partial charge in [-0.05, 0) is 48.9 Å². The van der Waals surface area contributed by atoms with Gasteiger partial charge in [0.05, 0.1) is 6.61 Å². The van der Waals surface area contributed by atoms with Crippen LogP contribution in [0.3, 0.4) is 0 Å². The summed E-state index contributed by atoms with van der Waals surface area (Å²) in [5.74, 6) is 0.979. The van der Waals surface area contributed by atoms with E-state index in [2.05, 4.69) is 57.3 Å². The number of rotatable bonds is 4. The second-order valence-electron chi connectivity index (χ2n) is 6.56. The lowest BCUT2D eigenvalue weighted by Gasteiger charge is -2.43. The van der Waals surface area contributed by atoms with E-state index in [1.165, 1.54) is 18.4 Å². The molecule has 1 aromatic rings. The first-order valence-electron chi connectivity index (χ1n) is 7.48. The van der Waals surface area contributed by atoms with Crippen LogP contribution in [0.5, 0.6) is 5.75 Å². The second-order valence-corrected chi connectivity index (χ2v) is 6.56. The van der Waals surface area contributed by atoms with E-state index in [0.29, 0.717) is 0 Å². The van der Waals surface area contributed by atoms with Gasteiger partial charge in [0.1, 0.15) is 5.75 Å². The third-order valence-corrected chi connectivity index (χ3v) is 4.26. The molecule has 1 unspecified atom stereocenters. The van der Waals surface area contributed by atoms with Crippen LogP contribution in [0, 0.1) is 5.41 Å². The average Bonchev–Trinajstić information content (AvgIpc) is 2.87. The van der Waals surface area contributed by atoms with Crippen LogP contribution in [0.15, 0.2) is 24.3 Å². The van der Waals surface area contributed by atoms with Gasteiger partial charge in [-0.25, -0.2) is 0 Å². The van der Waals surface area contributed by atoms with Crippen LogP contribution < -0.4 is 10.1 Å². The van der Waals surface area contributed by atoms with E-state index in [1.807, 2.05) is 0 Å². The maximum atomic E-state index is 5.67. The van der Waals surface area contributed by atoms with Crippen molar-refractivity contribution >= 4 is 0 Å². The number of nitrogens with one attached hydrogen (secondary N) is 1. The van der Waals surface area contributed by atoms with E-state index < -0.39 is 0 Å². The fourth-order valence-corrected chi connectivity index (χ4v) is 3.12. The Morgan fingerprint density at radius 3 is 2.37 bits per heavy atom. The highest BCUT2D eigenvalue weighted by Gasteiger charge is 2.45. The van der Waals surface area contributed by atoms with Gasteiger partial charge in [-0.15, -0.1) is 0 Å². The Kier molecular flexibility index (Phi) is 4.19. The lowest BCUT2D eigenvalue weighted by atomic mass is 9.68. The molecule has 0 aliphatic carbocycles. The first-order chi connectivity index (χ1) is 8.99.